The van der Waals surface area contributed by atoms with Crippen molar-refractivity contribution in [2.45, 2.75) is 37.0 Å². The number of Topliss-reactive ketones (excluding diaryl/α,β-unsaturated/α-hetero) is 2. The van der Waals surface area contributed by atoms with E-state index in [-0.39, 0.29) is 28.1 Å². The maximum Gasteiger partial charge on any atom is 0.339 e. The summed E-state index contributed by atoms with van der Waals surface area (Å²) in [5.74, 6) is -1.35. The zero-order valence-electron chi connectivity index (χ0n) is 21.0. The Kier molecular flexibility index (Phi) is 6.03. The van der Waals surface area contributed by atoms with Gasteiger partial charge in [0, 0.05) is 47.3 Å². The SMILES string of the molecule is CC(=O)Nc1ccc(S(=O)(=O)Oc2ccc(C3C4=C(CCCC4=O)N=C4c5ccccc5C(=O)C43)cc2)cc1. The molecule has 9 heteroatoms. The predicted molar refractivity (Wildman–Crippen MR) is 144 cm³/mol. The number of hydrogen-bond donors (Lipinski definition) is 1. The average Bonchev–Trinajstić information content (AvgIpc) is 3.20. The van der Waals surface area contributed by atoms with Gasteiger partial charge in [0.25, 0.3) is 0 Å². The van der Waals surface area contributed by atoms with E-state index in [2.05, 4.69) is 5.32 Å². The molecule has 0 saturated carbocycles. The molecule has 8 nitrogen and oxygen atoms in total. The average molecular weight is 541 g/mol. The van der Waals surface area contributed by atoms with Gasteiger partial charge in [-0.05, 0) is 54.8 Å². The molecule has 0 aromatic heterocycles. The fourth-order valence-electron chi connectivity index (χ4n) is 5.62. The van der Waals surface area contributed by atoms with Crippen LogP contribution in [0.4, 0.5) is 5.69 Å². The third-order valence-corrected chi connectivity index (χ3v) is 8.54. The Labute approximate surface area is 225 Å². The largest absolute Gasteiger partial charge is 0.379 e. The quantitative estimate of drug-likeness (QED) is 0.464. The number of fused-ring (bicyclic) bond motifs is 3. The van der Waals surface area contributed by atoms with Gasteiger partial charge in [0.15, 0.2) is 11.6 Å². The molecule has 0 spiro atoms. The van der Waals surface area contributed by atoms with Crippen molar-refractivity contribution in [3.8, 4) is 5.75 Å². The Bertz CT molecular complexity index is 1700. The number of rotatable bonds is 5. The lowest BCUT2D eigenvalue weighted by Gasteiger charge is -2.33. The first-order valence-electron chi connectivity index (χ1n) is 12.6. The van der Waals surface area contributed by atoms with Crippen molar-refractivity contribution in [3.05, 3.63) is 101 Å². The fraction of sp³-hybridized carbons (Fsp3) is 0.200. The lowest BCUT2D eigenvalue weighted by atomic mass is 9.71. The van der Waals surface area contributed by atoms with E-state index in [4.69, 9.17) is 9.18 Å². The van der Waals surface area contributed by atoms with Crippen molar-refractivity contribution in [3.63, 3.8) is 0 Å². The number of carbonyl (C=O) groups excluding carboxylic acids is 3. The first-order chi connectivity index (χ1) is 18.7. The zero-order chi connectivity index (χ0) is 27.3. The molecule has 2 aliphatic carbocycles. The number of nitrogens with zero attached hydrogens (tertiary/aromatic N) is 1. The van der Waals surface area contributed by atoms with Crippen molar-refractivity contribution in [2.24, 2.45) is 10.9 Å². The summed E-state index contributed by atoms with van der Waals surface area (Å²) < 4.78 is 31.1. The molecule has 1 heterocycles. The van der Waals surface area contributed by atoms with Crippen LogP contribution in [0.2, 0.25) is 0 Å². The predicted octanol–water partition coefficient (Wildman–Crippen LogP) is 4.82. The Morgan fingerprint density at radius 2 is 1.59 bits per heavy atom. The number of aliphatic imine (C=N–C) groups is 1. The van der Waals surface area contributed by atoms with Crippen LogP contribution < -0.4 is 9.50 Å². The van der Waals surface area contributed by atoms with Gasteiger partial charge < -0.3 is 9.50 Å². The van der Waals surface area contributed by atoms with Gasteiger partial charge in [0.2, 0.25) is 5.91 Å². The Balaban J connectivity index is 1.32. The molecular weight excluding hydrogens is 516 g/mol. The Morgan fingerprint density at radius 3 is 2.28 bits per heavy atom. The van der Waals surface area contributed by atoms with E-state index in [1.807, 2.05) is 18.2 Å². The summed E-state index contributed by atoms with van der Waals surface area (Å²) in [4.78, 5) is 42.6. The number of nitrogens with one attached hydrogen (secondary N) is 1. The lowest BCUT2D eigenvalue weighted by Crippen LogP contribution is -2.33. The number of allylic oxidation sites excluding steroid dienone is 2. The molecule has 2 unspecified atom stereocenters. The number of hydrogen-bond acceptors (Lipinski definition) is 7. The minimum atomic E-state index is -4.13. The summed E-state index contributed by atoms with van der Waals surface area (Å²) in [5.41, 5.74) is 4.61. The highest BCUT2D eigenvalue weighted by atomic mass is 32.2. The molecule has 1 N–H and O–H groups in total. The fourth-order valence-corrected chi connectivity index (χ4v) is 6.55. The van der Waals surface area contributed by atoms with Crippen LogP contribution in [0.3, 0.4) is 0 Å². The van der Waals surface area contributed by atoms with Gasteiger partial charge in [-0.15, -0.1) is 0 Å². The third kappa shape index (κ3) is 4.38. The van der Waals surface area contributed by atoms with Crippen LogP contribution in [0, 0.1) is 5.92 Å². The molecule has 1 amide bonds. The van der Waals surface area contributed by atoms with Crippen molar-refractivity contribution < 1.29 is 27.0 Å². The summed E-state index contributed by atoms with van der Waals surface area (Å²) in [6, 6.07) is 19.5. The normalized spacial score (nSPS) is 20.1. The molecule has 3 aromatic carbocycles. The van der Waals surface area contributed by atoms with E-state index < -0.39 is 22.0 Å². The van der Waals surface area contributed by atoms with Gasteiger partial charge >= 0.3 is 10.1 Å². The molecule has 6 rings (SSSR count). The van der Waals surface area contributed by atoms with E-state index in [0.717, 1.165) is 23.2 Å². The van der Waals surface area contributed by atoms with Crippen LogP contribution in [0.25, 0.3) is 0 Å². The van der Waals surface area contributed by atoms with Crippen LogP contribution >= 0.6 is 0 Å². The highest BCUT2D eigenvalue weighted by Gasteiger charge is 2.48. The van der Waals surface area contributed by atoms with Gasteiger partial charge in [0.05, 0.1) is 11.6 Å². The topological polar surface area (TPSA) is 119 Å². The monoisotopic (exact) mass is 540 g/mol. The van der Waals surface area contributed by atoms with Gasteiger partial charge in [-0.25, -0.2) is 0 Å². The van der Waals surface area contributed by atoms with E-state index in [0.29, 0.717) is 35.4 Å². The van der Waals surface area contributed by atoms with Gasteiger partial charge in [0.1, 0.15) is 10.6 Å². The number of carbonyl (C=O) groups is 3. The van der Waals surface area contributed by atoms with Crippen molar-refractivity contribution in [1.29, 1.82) is 0 Å². The summed E-state index contributed by atoms with van der Waals surface area (Å²) in [7, 11) is -4.13. The summed E-state index contributed by atoms with van der Waals surface area (Å²) in [5, 5.41) is 2.58. The number of amides is 1. The van der Waals surface area contributed by atoms with Gasteiger partial charge in [-0.1, -0.05) is 36.4 Å². The van der Waals surface area contributed by atoms with Crippen LogP contribution in [-0.4, -0.2) is 31.6 Å². The van der Waals surface area contributed by atoms with Gasteiger partial charge in [-0.3, -0.25) is 19.4 Å². The van der Waals surface area contributed by atoms with Crippen molar-refractivity contribution in [2.75, 3.05) is 5.32 Å². The van der Waals surface area contributed by atoms with Crippen molar-refractivity contribution in [1.82, 2.24) is 0 Å². The lowest BCUT2D eigenvalue weighted by molar-refractivity contribution is -0.116. The van der Waals surface area contributed by atoms with Gasteiger partial charge in [-0.2, -0.15) is 8.42 Å². The third-order valence-electron chi connectivity index (χ3n) is 7.28. The molecule has 1 aliphatic heterocycles. The molecular formula is C30H24N2O6S. The summed E-state index contributed by atoms with van der Waals surface area (Å²) >= 11 is 0. The zero-order valence-corrected chi connectivity index (χ0v) is 21.8. The van der Waals surface area contributed by atoms with E-state index in [9.17, 15) is 22.8 Å². The molecule has 0 radical (unpaired) electrons. The summed E-state index contributed by atoms with van der Waals surface area (Å²) in [6.07, 6.45) is 1.80. The second-order valence-electron chi connectivity index (χ2n) is 9.81. The molecule has 0 bridgehead atoms. The highest BCUT2D eigenvalue weighted by molar-refractivity contribution is 7.87. The van der Waals surface area contributed by atoms with Crippen LogP contribution in [0.15, 0.2) is 94.0 Å². The second kappa shape index (κ2) is 9.43. The minimum Gasteiger partial charge on any atom is -0.379 e. The molecule has 3 aliphatic rings. The molecule has 2 atom stereocenters. The van der Waals surface area contributed by atoms with E-state index in [1.54, 1.807) is 18.2 Å². The molecule has 3 aromatic rings. The van der Waals surface area contributed by atoms with Crippen LogP contribution in [0.5, 0.6) is 5.75 Å². The van der Waals surface area contributed by atoms with Crippen LogP contribution in [-0.2, 0) is 19.7 Å². The molecule has 39 heavy (non-hydrogen) atoms. The highest BCUT2D eigenvalue weighted by Crippen LogP contribution is 2.48. The summed E-state index contributed by atoms with van der Waals surface area (Å²) in [6.45, 7) is 1.36. The Hall–Kier alpha value is -4.37. The second-order valence-corrected chi connectivity index (χ2v) is 11.4. The maximum absolute atomic E-state index is 13.5. The first-order valence-corrected chi connectivity index (χ1v) is 14.0. The van der Waals surface area contributed by atoms with E-state index in [1.165, 1.54) is 43.3 Å². The number of benzene rings is 3. The van der Waals surface area contributed by atoms with Crippen LogP contribution in [0.1, 0.15) is 53.6 Å². The van der Waals surface area contributed by atoms with Crippen molar-refractivity contribution >= 4 is 39.0 Å². The standard InChI is InChI=1S/C30H24N2O6S/c1-17(33)31-19-11-15-21(16-12-19)39(36,37)38-20-13-9-18(10-14-20)26-27-24(7-4-8-25(27)34)32-29-22-5-2-3-6-23(22)30(35)28(26)29/h2-3,5-6,9-16,26,28H,4,7-8H2,1H3,(H,31,33). The first kappa shape index (κ1) is 24.9. The maximum atomic E-state index is 13.5. The molecule has 196 valence electrons. The molecule has 0 saturated heterocycles. The Morgan fingerprint density at radius 1 is 0.897 bits per heavy atom. The minimum absolute atomic E-state index is 0.00146. The smallest absolute Gasteiger partial charge is 0.339 e. The number of ketones is 2. The number of anilines is 1. The van der Waals surface area contributed by atoms with E-state index >= 15 is 0 Å². The molecule has 0 fully saturated rings.